The van der Waals surface area contributed by atoms with Gasteiger partial charge in [-0.15, -0.1) is 24.0 Å². The van der Waals surface area contributed by atoms with E-state index in [-0.39, 0.29) is 31.9 Å². The SMILES string of the molecule is CCCCP(CC)c1ccccc1.I. The van der Waals surface area contributed by atoms with Gasteiger partial charge >= 0.3 is 0 Å². The Kier molecular flexibility index (Phi) is 8.90. The maximum absolute atomic E-state index is 2.31. The third-order valence-corrected chi connectivity index (χ3v) is 4.93. The number of hydrogen-bond donors (Lipinski definition) is 0. The highest BCUT2D eigenvalue weighted by Crippen LogP contribution is 2.34. The molecule has 1 aromatic rings. The van der Waals surface area contributed by atoms with E-state index in [2.05, 4.69) is 44.2 Å². The number of rotatable bonds is 5. The van der Waals surface area contributed by atoms with E-state index >= 15 is 0 Å². The van der Waals surface area contributed by atoms with Gasteiger partial charge in [0.15, 0.2) is 0 Å². The molecule has 0 fully saturated rings. The molecule has 1 rings (SSSR count). The van der Waals surface area contributed by atoms with Crippen molar-refractivity contribution in [1.29, 1.82) is 0 Å². The average Bonchev–Trinajstić information content (AvgIpc) is 2.21. The zero-order chi connectivity index (χ0) is 9.52. The quantitative estimate of drug-likeness (QED) is 0.562. The van der Waals surface area contributed by atoms with E-state index in [4.69, 9.17) is 0 Å². The Morgan fingerprint density at radius 1 is 1.07 bits per heavy atom. The Morgan fingerprint density at radius 2 is 1.71 bits per heavy atom. The zero-order valence-corrected chi connectivity index (χ0v) is 12.3. The van der Waals surface area contributed by atoms with Gasteiger partial charge in [-0.05, 0) is 24.0 Å². The molecule has 0 aromatic heterocycles. The summed E-state index contributed by atoms with van der Waals surface area (Å²) < 4.78 is 0. The minimum absolute atomic E-state index is 0. The van der Waals surface area contributed by atoms with Crippen molar-refractivity contribution >= 4 is 37.2 Å². The van der Waals surface area contributed by atoms with Gasteiger partial charge in [-0.3, -0.25) is 0 Å². The van der Waals surface area contributed by atoms with Crippen molar-refractivity contribution in [3.63, 3.8) is 0 Å². The molecule has 1 unspecified atom stereocenters. The van der Waals surface area contributed by atoms with Crippen LogP contribution in [0.15, 0.2) is 30.3 Å². The normalized spacial score (nSPS) is 11.9. The Balaban J connectivity index is 0.00000169. The summed E-state index contributed by atoms with van der Waals surface area (Å²) in [5.41, 5.74) is 0. The van der Waals surface area contributed by atoms with Crippen molar-refractivity contribution in [2.45, 2.75) is 26.7 Å². The summed E-state index contributed by atoms with van der Waals surface area (Å²) in [4.78, 5) is 0. The molecule has 1 aromatic carbocycles. The lowest BCUT2D eigenvalue weighted by molar-refractivity contribution is 0.891. The fourth-order valence-electron chi connectivity index (χ4n) is 1.46. The number of halogens is 1. The van der Waals surface area contributed by atoms with Gasteiger partial charge < -0.3 is 0 Å². The molecule has 0 N–H and O–H groups in total. The molecule has 0 aliphatic rings. The highest BCUT2D eigenvalue weighted by Gasteiger charge is 2.06. The average molecular weight is 322 g/mol. The second-order valence-electron chi connectivity index (χ2n) is 3.27. The number of hydrogen-bond acceptors (Lipinski definition) is 0. The van der Waals surface area contributed by atoms with E-state index in [0.717, 1.165) is 0 Å². The molecule has 0 aliphatic heterocycles. The summed E-state index contributed by atoms with van der Waals surface area (Å²) in [5.74, 6) is 0. The van der Waals surface area contributed by atoms with Gasteiger partial charge in [0, 0.05) is 0 Å². The molecule has 80 valence electrons. The highest BCUT2D eigenvalue weighted by atomic mass is 127. The third kappa shape index (κ3) is 4.75. The van der Waals surface area contributed by atoms with E-state index in [1.54, 1.807) is 5.30 Å². The van der Waals surface area contributed by atoms with Crippen LogP contribution in [0.1, 0.15) is 26.7 Å². The zero-order valence-electron chi connectivity index (χ0n) is 9.07. The summed E-state index contributed by atoms with van der Waals surface area (Å²) in [6.07, 6.45) is 5.45. The van der Waals surface area contributed by atoms with E-state index in [0.29, 0.717) is 0 Å². The second-order valence-corrected chi connectivity index (χ2v) is 5.94. The fourth-order valence-corrected chi connectivity index (χ4v) is 3.69. The molecule has 0 saturated heterocycles. The largest absolute Gasteiger partial charge is 0.107 e. The minimum Gasteiger partial charge on any atom is -0.107 e. The first-order valence-electron chi connectivity index (χ1n) is 5.18. The number of benzene rings is 1. The van der Waals surface area contributed by atoms with Crippen LogP contribution in [-0.2, 0) is 0 Å². The van der Waals surface area contributed by atoms with Gasteiger partial charge in [-0.25, -0.2) is 0 Å². The molecule has 0 amide bonds. The molecule has 0 saturated carbocycles. The van der Waals surface area contributed by atoms with Crippen LogP contribution in [0.5, 0.6) is 0 Å². The Hall–Kier alpha value is 0.380. The predicted octanol–water partition coefficient (Wildman–Crippen LogP) is 4.23. The first-order valence-corrected chi connectivity index (χ1v) is 6.89. The maximum Gasteiger partial charge on any atom is -0.0240 e. The van der Waals surface area contributed by atoms with Crippen molar-refractivity contribution in [3.8, 4) is 0 Å². The molecule has 0 nitrogen and oxygen atoms in total. The van der Waals surface area contributed by atoms with Gasteiger partial charge in [-0.2, -0.15) is 0 Å². The Bertz CT molecular complexity index is 223. The molecule has 0 radical (unpaired) electrons. The van der Waals surface area contributed by atoms with Crippen molar-refractivity contribution in [2.75, 3.05) is 12.3 Å². The van der Waals surface area contributed by atoms with Crippen LogP contribution in [0.25, 0.3) is 0 Å². The molecule has 0 spiro atoms. The molecule has 1 atom stereocenters. The first kappa shape index (κ1) is 14.4. The molecule has 0 bridgehead atoms. The lowest BCUT2D eigenvalue weighted by Gasteiger charge is -2.15. The van der Waals surface area contributed by atoms with Crippen LogP contribution in [0, 0.1) is 0 Å². The first-order chi connectivity index (χ1) is 6.38. The van der Waals surface area contributed by atoms with Crippen LogP contribution < -0.4 is 5.30 Å². The fraction of sp³-hybridized carbons (Fsp3) is 0.500. The van der Waals surface area contributed by atoms with Crippen LogP contribution in [-0.4, -0.2) is 12.3 Å². The van der Waals surface area contributed by atoms with Crippen molar-refractivity contribution in [2.24, 2.45) is 0 Å². The van der Waals surface area contributed by atoms with E-state index in [9.17, 15) is 0 Å². The maximum atomic E-state index is 2.31. The summed E-state index contributed by atoms with van der Waals surface area (Å²) >= 11 is 0. The monoisotopic (exact) mass is 322 g/mol. The van der Waals surface area contributed by atoms with E-state index in [1.807, 2.05) is 0 Å². The van der Waals surface area contributed by atoms with Crippen molar-refractivity contribution in [3.05, 3.63) is 30.3 Å². The molecular formula is C12H20IP. The lowest BCUT2D eigenvalue weighted by atomic mass is 10.4. The summed E-state index contributed by atoms with van der Waals surface area (Å²) in [6.45, 7) is 4.59. The molecule has 2 heteroatoms. The standard InChI is InChI=1S/C12H19P.HI/c1-3-5-11-13(4-2)12-9-7-6-8-10-12;/h6-10H,3-5,11H2,1-2H3;1H. The lowest BCUT2D eigenvalue weighted by Crippen LogP contribution is -2.04. The van der Waals surface area contributed by atoms with Crippen LogP contribution in [0.3, 0.4) is 0 Å². The smallest absolute Gasteiger partial charge is 0.0240 e. The summed E-state index contributed by atoms with van der Waals surface area (Å²) in [7, 11) is 0.141. The van der Waals surface area contributed by atoms with Crippen LogP contribution in [0.4, 0.5) is 0 Å². The third-order valence-electron chi connectivity index (χ3n) is 2.28. The molecular weight excluding hydrogens is 302 g/mol. The van der Waals surface area contributed by atoms with Gasteiger partial charge in [0.1, 0.15) is 0 Å². The van der Waals surface area contributed by atoms with Crippen LogP contribution >= 0.6 is 31.9 Å². The Labute approximate surface area is 106 Å². The van der Waals surface area contributed by atoms with Crippen molar-refractivity contribution in [1.82, 2.24) is 0 Å². The topological polar surface area (TPSA) is 0 Å². The highest BCUT2D eigenvalue weighted by molar-refractivity contribution is 14.0. The summed E-state index contributed by atoms with van der Waals surface area (Å²) in [6, 6.07) is 11.0. The second kappa shape index (κ2) is 8.67. The van der Waals surface area contributed by atoms with Gasteiger partial charge in [-0.1, -0.05) is 58.5 Å². The predicted molar refractivity (Wildman–Crippen MR) is 78.7 cm³/mol. The van der Waals surface area contributed by atoms with E-state index in [1.165, 1.54) is 25.2 Å². The van der Waals surface area contributed by atoms with Crippen molar-refractivity contribution < 1.29 is 0 Å². The number of unbranched alkanes of at least 4 members (excludes halogenated alkanes) is 1. The Morgan fingerprint density at radius 3 is 2.21 bits per heavy atom. The molecule has 14 heavy (non-hydrogen) atoms. The van der Waals surface area contributed by atoms with Crippen LogP contribution in [0.2, 0.25) is 0 Å². The molecule has 0 aliphatic carbocycles. The van der Waals surface area contributed by atoms with Gasteiger partial charge in [0.2, 0.25) is 0 Å². The van der Waals surface area contributed by atoms with E-state index < -0.39 is 0 Å². The minimum atomic E-state index is 0. The summed E-state index contributed by atoms with van der Waals surface area (Å²) in [5, 5.41) is 1.58. The van der Waals surface area contributed by atoms with Gasteiger partial charge in [0.25, 0.3) is 0 Å². The molecule has 0 heterocycles. The van der Waals surface area contributed by atoms with Gasteiger partial charge in [0.05, 0.1) is 0 Å².